The second kappa shape index (κ2) is 7.77. The van der Waals surface area contributed by atoms with Crippen LogP contribution in [0, 0.1) is 11.7 Å². The molecule has 0 atom stereocenters. The van der Waals surface area contributed by atoms with Crippen molar-refractivity contribution in [3.05, 3.63) is 35.6 Å². The van der Waals surface area contributed by atoms with Crippen LogP contribution < -0.4 is 5.32 Å². The number of rotatable bonds is 3. The molecule has 1 N–H and O–H groups in total. The first-order valence-corrected chi connectivity index (χ1v) is 8.99. The molecule has 0 bridgehead atoms. The van der Waals surface area contributed by atoms with E-state index in [0.29, 0.717) is 13.1 Å². The number of piperidine rings is 1. The number of nitrogens with zero attached hydrogens (tertiary/aromatic N) is 1. The van der Waals surface area contributed by atoms with Gasteiger partial charge in [-0.15, -0.1) is 0 Å². The van der Waals surface area contributed by atoms with Crippen molar-refractivity contribution in [2.45, 2.75) is 51.0 Å². The molecule has 2 amide bonds. The zero-order valence-electron chi connectivity index (χ0n) is 14.0. The number of halogens is 1. The first kappa shape index (κ1) is 16.9. The number of amides is 2. The molecule has 130 valence electrons. The van der Waals surface area contributed by atoms with Gasteiger partial charge in [0.25, 0.3) is 5.91 Å². The summed E-state index contributed by atoms with van der Waals surface area (Å²) in [6.07, 6.45) is 6.99. The van der Waals surface area contributed by atoms with Crippen molar-refractivity contribution in [3.63, 3.8) is 0 Å². The fraction of sp³-hybridized carbons (Fsp3) is 0.579. The summed E-state index contributed by atoms with van der Waals surface area (Å²) in [5, 5.41) is 3.15. The van der Waals surface area contributed by atoms with Gasteiger partial charge in [-0.25, -0.2) is 4.39 Å². The van der Waals surface area contributed by atoms with Gasteiger partial charge in [0.15, 0.2) is 0 Å². The summed E-state index contributed by atoms with van der Waals surface area (Å²) in [6, 6.07) is 6.22. The number of hydrogen-bond donors (Lipinski definition) is 1. The molecule has 1 aliphatic carbocycles. The molecule has 1 saturated carbocycles. The quantitative estimate of drug-likeness (QED) is 0.924. The summed E-state index contributed by atoms with van der Waals surface area (Å²) in [4.78, 5) is 26.4. The maximum Gasteiger partial charge on any atom is 0.256 e. The molecule has 1 aromatic carbocycles. The van der Waals surface area contributed by atoms with Gasteiger partial charge in [-0.2, -0.15) is 0 Å². The maximum atomic E-state index is 13.7. The Labute approximate surface area is 142 Å². The zero-order valence-corrected chi connectivity index (χ0v) is 14.0. The lowest BCUT2D eigenvalue weighted by Crippen LogP contribution is -2.48. The molecule has 4 nitrogen and oxygen atoms in total. The average molecular weight is 332 g/mol. The predicted molar refractivity (Wildman–Crippen MR) is 90.0 cm³/mol. The summed E-state index contributed by atoms with van der Waals surface area (Å²) >= 11 is 0. The molecule has 24 heavy (non-hydrogen) atoms. The second-order valence-corrected chi connectivity index (χ2v) is 6.89. The highest BCUT2D eigenvalue weighted by Crippen LogP contribution is 2.24. The van der Waals surface area contributed by atoms with E-state index in [1.165, 1.54) is 18.6 Å². The van der Waals surface area contributed by atoms with E-state index in [1.807, 2.05) is 0 Å². The summed E-state index contributed by atoms with van der Waals surface area (Å²) < 4.78 is 13.7. The van der Waals surface area contributed by atoms with E-state index >= 15 is 0 Å². The van der Waals surface area contributed by atoms with E-state index in [4.69, 9.17) is 0 Å². The minimum atomic E-state index is -0.477. The van der Waals surface area contributed by atoms with Crippen LogP contribution in [0.1, 0.15) is 55.3 Å². The Morgan fingerprint density at radius 1 is 1.00 bits per heavy atom. The average Bonchev–Trinajstić information content (AvgIpc) is 2.63. The third-order valence-electron chi connectivity index (χ3n) is 5.21. The Morgan fingerprint density at radius 2 is 1.67 bits per heavy atom. The third-order valence-corrected chi connectivity index (χ3v) is 5.21. The van der Waals surface area contributed by atoms with Crippen LogP contribution >= 0.6 is 0 Å². The summed E-state index contributed by atoms with van der Waals surface area (Å²) in [5.74, 6) is -0.397. The van der Waals surface area contributed by atoms with Gasteiger partial charge in [-0.1, -0.05) is 31.4 Å². The molecule has 3 rings (SSSR count). The van der Waals surface area contributed by atoms with Crippen LogP contribution in [-0.4, -0.2) is 35.8 Å². The van der Waals surface area contributed by atoms with Crippen molar-refractivity contribution in [2.75, 3.05) is 13.1 Å². The van der Waals surface area contributed by atoms with Gasteiger partial charge in [-0.05, 0) is 37.8 Å². The van der Waals surface area contributed by atoms with Crippen LogP contribution in [0.5, 0.6) is 0 Å². The Morgan fingerprint density at radius 3 is 2.33 bits per heavy atom. The lowest BCUT2D eigenvalue weighted by atomic mass is 9.88. The first-order valence-electron chi connectivity index (χ1n) is 8.99. The number of carbonyl (C=O) groups excluding carboxylic acids is 2. The molecular formula is C19H25FN2O2. The topological polar surface area (TPSA) is 49.4 Å². The van der Waals surface area contributed by atoms with Crippen molar-refractivity contribution < 1.29 is 14.0 Å². The minimum absolute atomic E-state index is 0.127. The number of likely N-dealkylation sites (tertiary alicyclic amines) is 1. The van der Waals surface area contributed by atoms with Crippen molar-refractivity contribution in [1.82, 2.24) is 10.2 Å². The molecule has 1 saturated heterocycles. The van der Waals surface area contributed by atoms with Gasteiger partial charge >= 0.3 is 0 Å². The summed E-state index contributed by atoms with van der Waals surface area (Å²) in [7, 11) is 0. The fourth-order valence-corrected chi connectivity index (χ4v) is 3.72. The molecule has 0 spiro atoms. The lowest BCUT2D eigenvalue weighted by molar-refractivity contribution is -0.126. The second-order valence-electron chi connectivity index (χ2n) is 6.89. The Bertz CT molecular complexity index is 591. The van der Waals surface area contributed by atoms with Gasteiger partial charge in [0.05, 0.1) is 5.56 Å². The van der Waals surface area contributed by atoms with Crippen molar-refractivity contribution in [1.29, 1.82) is 0 Å². The Balaban J connectivity index is 1.49. The number of nitrogens with one attached hydrogen (secondary N) is 1. The highest BCUT2D eigenvalue weighted by Gasteiger charge is 2.28. The van der Waals surface area contributed by atoms with Crippen LogP contribution in [0.25, 0.3) is 0 Å². The predicted octanol–water partition coefficient (Wildman–Crippen LogP) is 3.13. The van der Waals surface area contributed by atoms with E-state index in [-0.39, 0.29) is 29.3 Å². The summed E-state index contributed by atoms with van der Waals surface area (Å²) in [6.45, 7) is 1.12. The van der Waals surface area contributed by atoms with E-state index in [0.717, 1.165) is 38.5 Å². The Kier molecular flexibility index (Phi) is 5.48. The van der Waals surface area contributed by atoms with Gasteiger partial charge in [0, 0.05) is 25.0 Å². The number of benzene rings is 1. The van der Waals surface area contributed by atoms with Crippen molar-refractivity contribution >= 4 is 11.8 Å². The number of carbonyl (C=O) groups is 2. The fourth-order valence-electron chi connectivity index (χ4n) is 3.72. The third kappa shape index (κ3) is 3.94. The molecule has 1 aromatic rings. The smallest absolute Gasteiger partial charge is 0.256 e. The monoisotopic (exact) mass is 332 g/mol. The van der Waals surface area contributed by atoms with E-state index in [1.54, 1.807) is 17.0 Å². The summed E-state index contributed by atoms with van der Waals surface area (Å²) in [5.41, 5.74) is 0.127. The molecule has 5 heteroatoms. The van der Waals surface area contributed by atoms with Gasteiger partial charge in [0.2, 0.25) is 5.91 Å². The lowest BCUT2D eigenvalue weighted by Gasteiger charge is -2.33. The molecule has 0 aromatic heterocycles. The van der Waals surface area contributed by atoms with Crippen LogP contribution in [0.3, 0.4) is 0 Å². The van der Waals surface area contributed by atoms with Crippen molar-refractivity contribution in [2.24, 2.45) is 5.92 Å². The molecule has 1 aliphatic heterocycles. The SMILES string of the molecule is O=C(NC1CCN(C(=O)c2ccccc2F)CC1)C1CCCCC1. The van der Waals surface area contributed by atoms with E-state index < -0.39 is 5.82 Å². The van der Waals surface area contributed by atoms with Gasteiger partial charge < -0.3 is 10.2 Å². The zero-order chi connectivity index (χ0) is 16.9. The first-order chi connectivity index (χ1) is 11.6. The standard InChI is InChI=1S/C19H25FN2O2/c20-17-9-5-4-8-16(17)19(24)22-12-10-15(11-13-22)21-18(23)14-6-2-1-3-7-14/h4-5,8-9,14-15H,1-3,6-7,10-13H2,(H,21,23). The molecule has 2 fully saturated rings. The minimum Gasteiger partial charge on any atom is -0.353 e. The van der Waals surface area contributed by atoms with E-state index in [9.17, 15) is 14.0 Å². The molecule has 0 unspecified atom stereocenters. The van der Waals surface area contributed by atoms with Gasteiger partial charge in [0.1, 0.15) is 5.82 Å². The largest absolute Gasteiger partial charge is 0.353 e. The van der Waals surface area contributed by atoms with Crippen molar-refractivity contribution in [3.8, 4) is 0 Å². The van der Waals surface area contributed by atoms with Gasteiger partial charge in [-0.3, -0.25) is 9.59 Å². The number of hydrogen-bond acceptors (Lipinski definition) is 2. The normalized spacial score (nSPS) is 20.0. The van der Waals surface area contributed by atoms with E-state index in [2.05, 4.69) is 5.32 Å². The molecule has 2 aliphatic rings. The highest BCUT2D eigenvalue weighted by atomic mass is 19.1. The highest BCUT2D eigenvalue weighted by molar-refractivity contribution is 5.94. The molecule has 0 radical (unpaired) electrons. The molecule has 1 heterocycles. The molecular weight excluding hydrogens is 307 g/mol. The van der Waals surface area contributed by atoms with Crippen LogP contribution in [-0.2, 0) is 4.79 Å². The van der Waals surface area contributed by atoms with Crippen LogP contribution in [0.2, 0.25) is 0 Å². The van der Waals surface area contributed by atoms with Crippen LogP contribution in [0.15, 0.2) is 24.3 Å². The van der Waals surface area contributed by atoms with Crippen LogP contribution in [0.4, 0.5) is 4.39 Å². The maximum absolute atomic E-state index is 13.7. The Hall–Kier alpha value is -1.91.